The highest BCUT2D eigenvalue weighted by Gasteiger charge is 2.35. The standard InChI is InChI=1S/C16H28O3/c1-4-6-7-8-9-11-14-15(12-16(17)19-14)18-13(3)10-5-2/h5,13-15H,2,4,6-12H2,1,3H3/t13?,14-,15-/m1/s1. The first-order valence-electron chi connectivity index (χ1n) is 7.63. The Kier molecular flexibility index (Phi) is 7.80. The van der Waals surface area contributed by atoms with E-state index in [4.69, 9.17) is 9.47 Å². The molecule has 0 aromatic carbocycles. The third-order valence-corrected chi connectivity index (χ3v) is 3.56. The zero-order valence-corrected chi connectivity index (χ0v) is 12.4. The zero-order valence-electron chi connectivity index (χ0n) is 12.4. The highest BCUT2D eigenvalue weighted by atomic mass is 16.6. The fourth-order valence-corrected chi connectivity index (χ4v) is 2.51. The Morgan fingerprint density at radius 2 is 2.16 bits per heavy atom. The SMILES string of the molecule is C=CCC(C)O[C@@H]1CC(=O)O[C@@H]1CCCCCCC. The minimum atomic E-state index is -0.116. The van der Waals surface area contributed by atoms with Gasteiger partial charge in [0.15, 0.2) is 0 Å². The predicted octanol–water partition coefficient (Wildman–Crippen LogP) is 4.01. The van der Waals surface area contributed by atoms with Gasteiger partial charge < -0.3 is 9.47 Å². The maximum atomic E-state index is 11.4. The molecule has 1 rings (SSSR count). The van der Waals surface area contributed by atoms with E-state index in [9.17, 15) is 4.79 Å². The molecule has 1 saturated heterocycles. The molecule has 0 spiro atoms. The molecule has 0 bridgehead atoms. The van der Waals surface area contributed by atoms with Crippen LogP contribution in [0.15, 0.2) is 12.7 Å². The van der Waals surface area contributed by atoms with Crippen molar-refractivity contribution in [2.75, 3.05) is 0 Å². The van der Waals surface area contributed by atoms with E-state index < -0.39 is 0 Å². The first-order valence-corrected chi connectivity index (χ1v) is 7.63. The van der Waals surface area contributed by atoms with Crippen LogP contribution in [-0.2, 0) is 14.3 Å². The summed E-state index contributed by atoms with van der Waals surface area (Å²) in [5.74, 6) is -0.116. The van der Waals surface area contributed by atoms with Crippen molar-refractivity contribution in [3.63, 3.8) is 0 Å². The van der Waals surface area contributed by atoms with Gasteiger partial charge in [-0.2, -0.15) is 0 Å². The van der Waals surface area contributed by atoms with Gasteiger partial charge in [-0.1, -0.05) is 38.7 Å². The molecular formula is C16H28O3. The molecule has 1 heterocycles. The monoisotopic (exact) mass is 268 g/mol. The van der Waals surface area contributed by atoms with Crippen molar-refractivity contribution in [3.8, 4) is 0 Å². The highest BCUT2D eigenvalue weighted by Crippen LogP contribution is 2.25. The molecule has 0 amide bonds. The molecule has 0 aliphatic carbocycles. The van der Waals surface area contributed by atoms with Crippen LogP contribution in [0, 0.1) is 0 Å². The minimum absolute atomic E-state index is 0.0404. The normalized spacial score (nSPS) is 24.2. The molecule has 1 aliphatic rings. The summed E-state index contributed by atoms with van der Waals surface area (Å²) in [6, 6.07) is 0. The summed E-state index contributed by atoms with van der Waals surface area (Å²) in [5.41, 5.74) is 0. The quantitative estimate of drug-likeness (QED) is 0.341. The molecule has 3 atom stereocenters. The predicted molar refractivity (Wildman–Crippen MR) is 77.0 cm³/mol. The Morgan fingerprint density at radius 3 is 2.84 bits per heavy atom. The molecule has 0 aromatic heterocycles. The van der Waals surface area contributed by atoms with Gasteiger partial charge in [0.2, 0.25) is 0 Å². The second kappa shape index (κ2) is 9.13. The first kappa shape index (κ1) is 16.2. The molecule has 19 heavy (non-hydrogen) atoms. The molecule has 0 aromatic rings. The van der Waals surface area contributed by atoms with Crippen LogP contribution in [0.5, 0.6) is 0 Å². The number of carbonyl (C=O) groups is 1. The van der Waals surface area contributed by atoms with E-state index >= 15 is 0 Å². The van der Waals surface area contributed by atoms with Crippen LogP contribution in [0.4, 0.5) is 0 Å². The van der Waals surface area contributed by atoms with Crippen LogP contribution in [-0.4, -0.2) is 24.3 Å². The summed E-state index contributed by atoms with van der Waals surface area (Å²) >= 11 is 0. The lowest BCUT2D eigenvalue weighted by molar-refractivity contribution is -0.142. The van der Waals surface area contributed by atoms with E-state index in [1.54, 1.807) is 0 Å². The maximum absolute atomic E-state index is 11.4. The number of ether oxygens (including phenoxy) is 2. The van der Waals surface area contributed by atoms with Gasteiger partial charge >= 0.3 is 5.97 Å². The number of hydrogen-bond donors (Lipinski definition) is 0. The molecule has 3 nitrogen and oxygen atoms in total. The van der Waals surface area contributed by atoms with Crippen LogP contribution in [0.25, 0.3) is 0 Å². The largest absolute Gasteiger partial charge is 0.460 e. The molecule has 1 unspecified atom stereocenters. The second-order valence-corrected chi connectivity index (χ2v) is 5.44. The summed E-state index contributed by atoms with van der Waals surface area (Å²) < 4.78 is 11.3. The van der Waals surface area contributed by atoms with Gasteiger partial charge in [0, 0.05) is 0 Å². The van der Waals surface area contributed by atoms with Gasteiger partial charge in [0.25, 0.3) is 0 Å². The van der Waals surface area contributed by atoms with E-state index in [0.717, 1.165) is 19.3 Å². The average Bonchev–Trinajstić information content (AvgIpc) is 2.69. The topological polar surface area (TPSA) is 35.5 Å². The third kappa shape index (κ3) is 6.24. The second-order valence-electron chi connectivity index (χ2n) is 5.44. The number of unbranched alkanes of at least 4 members (excludes halogenated alkanes) is 4. The Labute approximate surface area is 117 Å². The lowest BCUT2D eigenvalue weighted by Gasteiger charge is -2.21. The van der Waals surface area contributed by atoms with Gasteiger partial charge in [0.1, 0.15) is 12.2 Å². The third-order valence-electron chi connectivity index (χ3n) is 3.56. The molecule has 0 N–H and O–H groups in total. The fourth-order valence-electron chi connectivity index (χ4n) is 2.51. The van der Waals surface area contributed by atoms with Gasteiger partial charge in [0.05, 0.1) is 12.5 Å². The van der Waals surface area contributed by atoms with Crippen LogP contribution in [0.2, 0.25) is 0 Å². The fraction of sp³-hybridized carbons (Fsp3) is 0.812. The lowest BCUT2D eigenvalue weighted by atomic mass is 10.0. The summed E-state index contributed by atoms with van der Waals surface area (Å²) in [4.78, 5) is 11.4. The molecule has 3 heteroatoms. The summed E-state index contributed by atoms with van der Waals surface area (Å²) in [6.45, 7) is 7.94. The molecule has 1 fully saturated rings. The Hall–Kier alpha value is -0.830. The van der Waals surface area contributed by atoms with Crippen LogP contribution >= 0.6 is 0 Å². The minimum Gasteiger partial charge on any atom is -0.460 e. The van der Waals surface area contributed by atoms with E-state index in [1.807, 2.05) is 13.0 Å². The van der Waals surface area contributed by atoms with E-state index in [1.165, 1.54) is 25.7 Å². The van der Waals surface area contributed by atoms with Crippen molar-refractivity contribution in [2.24, 2.45) is 0 Å². The van der Waals surface area contributed by atoms with Crippen LogP contribution in [0.3, 0.4) is 0 Å². The Balaban J connectivity index is 2.28. The summed E-state index contributed by atoms with van der Waals surface area (Å²) in [5, 5.41) is 0. The molecule has 110 valence electrons. The van der Waals surface area contributed by atoms with E-state index in [-0.39, 0.29) is 24.3 Å². The van der Waals surface area contributed by atoms with Gasteiger partial charge in [-0.25, -0.2) is 0 Å². The number of carbonyl (C=O) groups excluding carboxylic acids is 1. The van der Waals surface area contributed by atoms with Crippen LogP contribution < -0.4 is 0 Å². The highest BCUT2D eigenvalue weighted by molar-refractivity contribution is 5.72. The van der Waals surface area contributed by atoms with Gasteiger partial charge in [-0.05, 0) is 26.2 Å². The van der Waals surface area contributed by atoms with Crippen molar-refractivity contribution in [1.29, 1.82) is 0 Å². The lowest BCUT2D eigenvalue weighted by Crippen LogP contribution is -2.28. The molecule has 0 saturated carbocycles. The molecule has 1 aliphatic heterocycles. The Morgan fingerprint density at radius 1 is 1.42 bits per heavy atom. The number of rotatable bonds is 10. The van der Waals surface area contributed by atoms with E-state index in [2.05, 4.69) is 13.5 Å². The van der Waals surface area contributed by atoms with Crippen molar-refractivity contribution in [2.45, 2.75) is 83.5 Å². The molecular weight excluding hydrogens is 240 g/mol. The Bertz CT molecular complexity index is 275. The van der Waals surface area contributed by atoms with E-state index in [0.29, 0.717) is 6.42 Å². The molecule has 0 radical (unpaired) electrons. The number of esters is 1. The van der Waals surface area contributed by atoms with Crippen molar-refractivity contribution in [3.05, 3.63) is 12.7 Å². The van der Waals surface area contributed by atoms with Crippen molar-refractivity contribution < 1.29 is 14.3 Å². The summed E-state index contributed by atoms with van der Waals surface area (Å²) in [6.07, 6.45) is 10.2. The zero-order chi connectivity index (χ0) is 14.1. The van der Waals surface area contributed by atoms with Crippen molar-refractivity contribution in [1.82, 2.24) is 0 Å². The van der Waals surface area contributed by atoms with Gasteiger partial charge in [-0.15, -0.1) is 6.58 Å². The number of hydrogen-bond acceptors (Lipinski definition) is 3. The maximum Gasteiger partial charge on any atom is 0.308 e. The average molecular weight is 268 g/mol. The van der Waals surface area contributed by atoms with Gasteiger partial charge in [-0.3, -0.25) is 4.79 Å². The summed E-state index contributed by atoms with van der Waals surface area (Å²) in [7, 11) is 0. The number of cyclic esters (lactones) is 1. The van der Waals surface area contributed by atoms with Crippen LogP contribution in [0.1, 0.15) is 65.2 Å². The first-order chi connectivity index (χ1) is 9.17. The van der Waals surface area contributed by atoms with Crippen molar-refractivity contribution >= 4 is 5.97 Å². The smallest absolute Gasteiger partial charge is 0.308 e.